The minimum atomic E-state index is 0.432. The largest absolute Gasteiger partial charge is 0.486 e. The van der Waals surface area contributed by atoms with E-state index >= 15 is 0 Å². The third-order valence-corrected chi connectivity index (χ3v) is 3.77. The highest BCUT2D eigenvalue weighted by Crippen LogP contribution is 2.17. The SMILES string of the molecule is Brc1ccc(OCc2nc3n(n2)CCCCC3)cc1. The van der Waals surface area contributed by atoms with Gasteiger partial charge in [0.2, 0.25) is 0 Å². The van der Waals surface area contributed by atoms with Crippen LogP contribution in [0.5, 0.6) is 5.75 Å². The quantitative estimate of drug-likeness (QED) is 0.870. The van der Waals surface area contributed by atoms with Crippen molar-refractivity contribution in [3.8, 4) is 5.75 Å². The van der Waals surface area contributed by atoms with Gasteiger partial charge in [-0.05, 0) is 37.1 Å². The van der Waals surface area contributed by atoms with E-state index in [1.54, 1.807) is 0 Å². The Morgan fingerprint density at radius 2 is 2.00 bits per heavy atom. The van der Waals surface area contributed by atoms with Crippen LogP contribution in [-0.2, 0) is 19.6 Å². The van der Waals surface area contributed by atoms with Crippen LogP contribution in [0.1, 0.15) is 30.9 Å². The summed E-state index contributed by atoms with van der Waals surface area (Å²) in [7, 11) is 0. The lowest BCUT2D eigenvalue weighted by atomic mass is 10.2. The van der Waals surface area contributed by atoms with Gasteiger partial charge in [0.05, 0.1) is 0 Å². The second kappa shape index (κ2) is 5.74. The van der Waals surface area contributed by atoms with Crippen molar-refractivity contribution in [2.24, 2.45) is 0 Å². The fraction of sp³-hybridized carbons (Fsp3) is 0.429. The van der Waals surface area contributed by atoms with Gasteiger partial charge in [0, 0.05) is 17.4 Å². The van der Waals surface area contributed by atoms with Gasteiger partial charge in [-0.1, -0.05) is 22.4 Å². The minimum absolute atomic E-state index is 0.432. The molecule has 1 aliphatic rings. The van der Waals surface area contributed by atoms with Crippen molar-refractivity contribution >= 4 is 15.9 Å². The lowest BCUT2D eigenvalue weighted by molar-refractivity contribution is 0.294. The molecule has 0 saturated heterocycles. The van der Waals surface area contributed by atoms with E-state index < -0.39 is 0 Å². The van der Waals surface area contributed by atoms with Crippen molar-refractivity contribution in [1.82, 2.24) is 14.8 Å². The topological polar surface area (TPSA) is 39.9 Å². The first-order valence-corrected chi connectivity index (χ1v) is 7.41. The van der Waals surface area contributed by atoms with Crippen LogP contribution in [0.15, 0.2) is 28.7 Å². The van der Waals surface area contributed by atoms with Crippen LogP contribution in [0.3, 0.4) is 0 Å². The zero-order chi connectivity index (χ0) is 13.1. The maximum Gasteiger partial charge on any atom is 0.188 e. The third-order valence-electron chi connectivity index (χ3n) is 3.24. The zero-order valence-corrected chi connectivity index (χ0v) is 12.3. The van der Waals surface area contributed by atoms with Gasteiger partial charge < -0.3 is 4.74 Å². The number of halogens is 1. The monoisotopic (exact) mass is 321 g/mol. The standard InChI is InChI=1S/C14H16BrN3O/c15-11-5-7-12(8-6-11)19-10-13-16-14-4-2-1-3-9-18(14)17-13/h5-8H,1-4,9-10H2. The molecular formula is C14H16BrN3O. The Kier molecular flexibility index (Phi) is 3.82. The van der Waals surface area contributed by atoms with E-state index in [9.17, 15) is 0 Å². The molecule has 2 aromatic rings. The molecule has 0 amide bonds. The molecule has 0 fully saturated rings. The molecule has 0 spiro atoms. The second-order valence-corrected chi connectivity index (χ2v) is 5.64. The Bertz CT molecular complexity index is 527. The van der Waals surface area contributed by atoms with Crippen LogP contribution in [-0.4, -0.2) is 14.8 Å². The van der Waals surface area contributed by atoms with Gasteiger partial charge in [-0.25, -0.2) is 9.67 Å². The van der Waals surface area contributed by atoms with E-state index in [0.29, 0.717) is 6.61 Å². The van der Waals surface area contributed by atoms with Gasteiger partial charge in [-0.2, -0.15) is 5.10 Å². The molecule has 0 unspecified atom stereocenters. The summed E-state index contributed by atoms with van der Waals surface area (Å²) in [6.07, 6.45) is 4.72. The van der Waals surface area contributed by atoms with Crippen molar-refractivity contribution < 1.29 is 4.74 Å². The van der Waals surface area contributed by atoms with Gasteiger partial charge in [-0.3, -0.25) is 0 Å². The summed E-state index contributed by atoms with van der Waals surface area (Å²) in [5.41, 5.74) is 0. The molecule has 0 atom stereocenters. The lowest BCUT2D eigenvalue weighted by Gasteiger charge is -2.03. The highest BCUT2D eigenvalue weighted by molar-refractivity contribution is 9.10. The summed E-state index contributed by atoms with van der Waals surface area (Å²) in [5, 5.41) is 4.51. The predicted octanol–water partition coefficient (Wildman–Crippen LogP) is 3.35. The number of hydrogen-bond acceptors (Lipinski definition) is 3. The first kappa shape index (κ1) is 12.7. The van der Waals surface area contributed by atoms with Crippen LogP contribution in [0.2, 0.25) is 0 Å². The molecule has 0 bridgehead atoms. The van der Waals surface area contributed by atoms with Crippen molar-refractivity contribution in [1.29, 1.82) is 0 Å². The number of benzene rings is 1. The van der Waals surface area contributed by atoms with Crippen molar-refractivity contribution in [3.05, 3.63) is 40.4 Å². The normalized spacial score (nSPS) is 14.8. The summed E-state index contributed by atoms with van der Waals surface area (Å²) in [6.45, 7) is 1.42. The van der Waals surface area contributed by atoms with E-state index in [4.69, 9.17) is 4.74 Å². The van der Waals surface area contributed by atoms with Gasteiger partial charge in [0.25, 0.3) is 0 Å². The molecule has 1 aromatic heterocycles. The summed E-state index contributed by atoms with van der Waals surface area (Å²) in [6, 6.07) is 7.80. The maximum atomic E-state index is 5.70. The molecule has 19 heavy (non-hydrogen) atoms. The lowest BCUT2D eigenvalue weighted by Crippen LogP contribution is -2.03. The molecule has 1 aliphatic heterocycles. The first-order chi connectivity index (χ1) is 9.31. The Morgan fingerprint density at radius 1 is 1.16 bits per heavy atom. The summed E-state index contributed by atoms with van der Waals surface area (Å²) in [5.74, 6) is 2.72. The second-order valence-electron chi connectivity index (χ2n) is 4.72. The number of rotatable bonds is 3. The Hall–Kier alpha value is -1.36. The van der Waals surface area contributed by atoms with E-state index in [0.717, 1.165) is 34.8 Å². The first-order valence-electron chi connectivity index (χ1n) is 6.62. The number of ether oxygens (including phenoxy) is 1. The minimum Gasteiger partial charge on any atom is -0.486 e. The number of hydrogen-bond donors (Lipinski definition) is 0. The molecule has 0 aliphatic carbocycles. The fourth-order valence-corrected chi connectivity index (χ4v) is 2.52. The summed E-state index contributed by atoms with van der Waals surface area (Å²) < 4.78 is 8.78. The number of aryl methyl sites for hydroxylation is 2. The third kappa shape index (κ3) is 3.15. The van der Waals surface area contributed by atoms with Gasteiger partial charge in [0.15, 0.2) is 5.82 Å². The number of aromatic nitrogens is 3. The van der Waals surface area contributed by atoms with Crippen LogP contribution >= 0.6 is 15.9 Å². The molecule has 3 rings (SSSR count). The molecule has 4 nitrogen and oxygen atoms in total. The molecular weight excluding hydrogens is 306 g/mol. The molecule has 0 N–H and O–H groups in total. The van der Waals surface area contributed by atoms with Crippen LogP contribution in [0.25, 0.3) is 0 Å². The van der Waals surface area contributed by atoms with Crippen LogP contribution in [0.4, 0.5) is 0 Å². The molecule has 2 heterocycles. The van der Waals surface area contributed by atoms with E-state index in [1.165, 1.54) is 19.3 Å². The highest BCUT2D eigenvalue weighted by Gasteiger charge is 2.12. The molecule has 0 saturated carbocycles. The Balaban J connectivity index is 1.65. The molecule has 0 radical (unpaired) electrons. The summed E-state index contributed by atoms with van der Waals surface area (Å²) >= 11 is 3.40. The number of nitrogens with zero attached hydrogens (tertiary/aromatic N) is 3. The average Bonchev–Trinajstić information content (AvgIpc) is 2.68. The van der Waals surface area contributed by atoms with Crippen LogP contribution < -0.4 is 4.74 Å². The van der Waals surface area contributed by atoms with Crippen molar-refractivity contribution in [2.45, 2.75) is 38.8 Å². The van der Waals surface area contributed by atoms with Gasteiger partial charge in [-0.15, -0.1) is 0 Å². The van der Waals surface area contributed by atoms with E-state index in [-0.39, 0.29) is 0 Å². The number of fused-ring (bicyclic) bond motifs is 1. The predicted molar refractivity (Wildman–Crippen MR) is 76.1 cm³/mol. The Labute approximate surface area is 120 Å². The van der Waals surface area contributed by atoms with Crippen molar-refractivity contribution in [3.63, 3.8) is 0 Å². The van der Waals surface area contributed by atoms with Gasteiger partial charge in [0.1, 0.15) is 18.2 Å². The fourth-order valence-electron chi connectivity index (χ4n) is 2.25. The van der Waals surface area contributed by atoms with E-state index in [1.807, 2.05) is 28.9 Å². The Morgan fingerprint density at radius 3 is 2.84 bits per heavy atom. The molecule has 1 aromatic carbocycles. The zero-order valence-electron chi connectivity index (χ0n) is 10.7. The smallest absolute Gasteiger partial charge is 0.188 e. The molecule has 100 valence electrons. The van der Waals surface area contributed by atoms with Crippen LogP contribution in [0, 0.1) is 0 Å². The summed E-state index contributed by atoms with van der Waals surface area (Å²) in [4.78, 5) is 4.56. The maximum absolute atomic E-state index is 5.70. The van der Waals surface area contributed by atoms with E-state index in [2.05, 4.69) is 26.0 Å². The molecule has 5 heteroatoms. The van der Waals surface area contributed by atoms with Gasteiger partial charge >= 0.3 is 0 Å². The highest BCUT2D eigenvalue weighted by atomic mass is 79.9. The van der Waals surface area contributed by atoms with Crippen molar-refractivity contribution in [2.75, 3.05) is 0 Å². The average molecular weight is 322 g/mol.